The maximum atomic E-state index is 12.8. The van der Waals surface area contributed by atoms with Gasteiger partial charge < -0.3 is 5.11 Å². The second-order valence-electron chi connectivity index (χ2n) is 2.03. The minimum absolute atomic E-state index is 0.0649. The van der Waals surface area contributed by atoms with E-state index in [0.29, 0.717) is 0 Å². The van der Waals surface area contributed by atoms with Crippen molar-refractivity contribution in [2.24, 2.45) is 0 Å². The van der Waals surface area contributed by atoms with E-state index in [1.54, 1.807) is 22.6 Å². The van der Waals surface area contributed by atoms with Crippen molar-refractivity contribution in [1.82, 2.24) is 0 Å². The molecule has 1 aromatic rings. The summed E-state index contributed by atoms with van der Waals surface area (Å²) in [5, 5.41) is 8.37. The molecule has 1 aromatic carbocycles. The van der Waals surface area contributed by atoms with Crippen LogP contribution in [0.3, 0.4) is 0 Å². The van der Waals surface area contributed by atoms with Crippen molar-refractivity contribution in [3.63, 3.8) is 0 Å². The molecule has 0 aliphatic rings. The fraction of sp³-hybridized carbons (Fsp3) is 0. The Kier molecular flexibility index (Phi) is 2.61. The van der Waals surface area contributed by atoms with Crippen molar-refractivity contribution < 1.29 is 18.7 Å². The Balaban J connectivity index is 3.36. The summed E-state index contributed by atoms with van der Waals surface area (Å²) in [6.45, 7) is 0. The summed E-state index contributed by atoms with van der Waals surface area (Å²) in [4.78, 5) is 10.3. The summed E-state index contributed by atoms with van der Waals surface area (Å²) < 4.78 is 25.5. The maximum absolute atomic E-state index is 12.8. The van der Waals surface area contributed by atoms with E-state index < -0.39 is 23.2 Å². The van der Waals surface area contributed by atoms with Crippen molar-refractivity contribution in [2.45, 2.75) is 0 Å². The highest BCUT2D eigenvalue weighted by molar-refractivity contribution is 14.1. The highest BCUT2D eigenvalue weighted by Crippen LogP contribution is 2.17. The number of aromatic carboxylic acids is 1. The summed E-state index contributed by atoms with van der Waals surface area (Å²) in [6.07, 6.45) is 0. The first kappa shape index (κ1) is 9.37. The van der Waals surface area contributed by atoms with Gasteiger partial charge in [0.25, 0.3) is 0 Å². The molecule has 0 atom stereocenters. The predicted octanol–water partition coefficient (Wildman–Crippen LogP) is 2.27. The van der Waals surface area contributed by atoms with E-state index in [9.17, 15) is 13.6 Å². The molecule has 1 rings (SSSR count). The lowest BCUT2D eigenvalue weighted by Gasteiger charge is -1.99. The average molecular weight is 284 g/mol. The van der Waals surface area contributed by atoms with Gasteiger partial charge in [-0.2, -0.15) is 0 Å². The fourth-order valence-corrected chi connectivity index (χ4v) is 1.11. The van der Waals surface area contributed by atoms with Gasteiger partial charge >= 0.3 is 5.97 Å². The van der Waals surface area contributed by atoms with Gasteiger partial charge in [0.1, 0.15) is 0 Å². The van der Waals surface area contributed by atoms with Crippen LogP contribution in [0, 0.1) is 15.2 Å². The van der Waals surface area contributed by atoms with E-state index in [1.165, 1.54) is 6.07 Å². The van der Waals surface area contributed by atoms with Crippen LogP contribution in [0.15, 0.2) is 12.1 Å². The molecule has 0 bridgehead atoms. The van der Waals surface area contributed by atoms with Crippen LogP contribution in [0.5, 0.6) is 0 Å². The molecular weight excluding hydrogens is 281 g/mol. The summed E-state index contributed by atoms with van der Waals surface area (Å²) in [5.41, 5.74) is -0.645. The summed E-state index contributed by atoms with van der Waals surface area (Å²) >= 11 is 1.58. The zero-order valence-electron chi connectivity index (χ0n) is 5.64. The first-order valence-corrected chi connectivity index (χ1v) is 3.98. The van der Waals surface area contributed by atoms with Gasteiger partial charge in [-0.3, -0.25) is 0 Å². The number of carboxylic acids is 1. The fourth-order valence-electron chi connectivity index (χ4n) is 0.691. The number of benzene rings is 1. The topological polar surface area (TPSA) is 37.3 Å². The minimum Gasteiger partial charge on any atom is -0.478 e. The molecule has 0 aliphatic heterocycles. The van der Waals surface area contributed by atoms with Crippen molar-refractivity contribution in [2.75, 3.05) is 0 Å². The Bertz CT molecular complexity index is 338. The molecule has 64 valence electrons. The first-order valence-electron chi connectivity index (χ1n) is 2.91. The SMILES string of the molecule is O=C(O)c1ccc(I)c(F)c1F. The van der Waals surface area contributed by atoms with Crippen LogP contribution in [0.2, 0.25) is 0 Å². The number of rotatable bonds is 1. The summed E-state index contributed by atoms with van der Waals surface area (Å²) in [7, 11) is 0. The van der Waals surface area contributed by atoms with E-state index in [-0.39, 0.29) is 3.57 Å². The van der Waals surface area contributed by atoms with Gasteiger partial charge in [0.15, 0.2) is 11.6 Å². The molecule has 0 fully saturated rings. The third-order valence-electron chi connectivity index (χ3n) is 1.27. The normalized spacial score (nSPS) is 9.92. The highest BCUT2D eigenvalue weighted by atomic mass is 127. The van der Waals surface area contributed by atoms with Gasteiger partial charge in [-0.15, -0.1) is 0 Å². The van der Waals surface area contributed by atoms with Crippen LogP contribution >= 0.6 is 22.6 Å². The molecule has 0 saturated carbocycles. The predicted molar refractivity (Wildman–Crippen MR) is 46.0 cm³/mol. The van der Waals surface area contributed by atoms with Crippen molar-refractivity contribution in [1.29, 1.82) is 0 Å². The van der Waals surface area contributed by atoms with Crippen LogP contribution in [-0.2, 0) is 0 Å². The largest absolute Gasteiger partial charge is 0.478 e. The third-order valence-corrected chi connectivity index (χ3v) is 2.10. The number of halogens is 3. The van der Waals surface area contributed by atoms with E-state index >= 15 is 0 Å². The molecule has 0 radical (unpaired) electrons. The molecule has 0 aromatic heterocycles. The van der Waals surface area contributed by atoms with E-state index in [1.807, 2.05) is 0 Å². The quantitative estimate of drug-likeness (QED) is 0.634. The smallest absolute Gasteiger partial charge is 0.338 e. The Morgan fingerprint density at radius 3 is 2.42 bits per heavy atom. The highest BCUT2D eigenvalue weighted by Gasteiger charge is 2.16. The zero-order chi connectivity index (χ0) is 9.30. The maximum Gasteiger partial charge on any atom is 0.338 e. The number of hydrogen-bond acceptors (Lipinski definition) is 1. The van der Waals surface area contributed by atoms with E-state index in [2.05, 4.69) is 0 Å². The van der Waals surface area contributed by atoms with Crippen LogP contribution in [0.25, 0.3) is 0 Å². The van der Waals surface area contributed by atoms with E-state index in [4.69, 9.17) is 5.11 Å². The van der Waals surface area contributed by atoms with Gasteiger partial charge in [0.05, 0.1) is 9.13 Å². The molecular formula is C7H3F2IO2. The molecule has 5 heteroatoms. The van der Waals surface area contributed by atoms with Crippen molar-refractivity contribution in [3.8, 4) is 0 Å². The van der Waals surface area contributed by atoms with Crippen molar-refractivity contribution >= 4 is 28.6 Å². The number of carbonyl (C=O) groups is 1. The summed E-state index contributed by atoms with van der Waals surface area (Å²) in [5.74, 6) is -3.90. The van der Waals surface area contributed by atoms with Gasteiger partial charge in [-0.05, 0) is 34.7 Å². The Hall–Kier alpha value is -0.720. The Labute approximate surface area is 80.3 Å². The lowest BCUT2D eigenvalue weighted by molar-refractivity contribution is 0.0690. The zero-order valence-corrected chi connectivity index (χ0v) is 7.80. The van der Waals surface area contributed by atoms with Gasteiger partial charge in [-0.1, -0.05) is 0 Å². The molecule has 0 spiro atoms. The standard InChI is InChI=1S/C7H3F2IO2/c8-5-3(7(11)12)1-2-4(10)6(5)9/h1-2H,(H,11,12). The minimum atomic E-state index is -1.47. The number of hydrogen-bond donors (Lipinski definition) is 1. The van der Waals surface area contributed by atoms with Gasteiger partial charge in [0.2, 0.25) is 0 Å². The summed E-state index contributed by atoms with van der Waals surface area (Å²) in [6, 6.07) is 2.24. The average Bonchev–Trinajstić information content (AvgIpc) is 2.00. The molecule has 2 nitrogen and oxygen atoms in total. The first-order chi connectivity index (χ1) is 5.54. The molecule has 12 heavy (non-hydrogen) atoms. The third kappa shape index (κ3) is 1.55. The van der Waals surface area contributed by atoms with Gasteiger partial charge in [0, 0.05) is 0 Å². The second kappa shape index (κ2) is 3.34. The lowest BCUT2D eigenvalue weighted by Crippen LogP contribution is -2.03. The molecule has 0 heterocycles. The second-order valence-corrected chi connectivity index (χ2v) is 3.19. The molecule has 0 unspecified atom stereocenters. The molecule has 1 N–H and O–H groups in total. The molecule has 0 aliphatic carbocycles. The van der Waals surface area contributed by atoms with Crippen LogP contribution in [0.4, 0.5) is 8.78 Å². The number of carboxylic acid groups (broad SMARTS) is 1. The Morgan fingerprint density at radius 1 is 1.33 bits per heavy atom. The van der Waals surface area contributed by atoms with Crippen molar-refractivity contribution in [3.05, 3.63) is 32.9 Å². The van der Waals surface area contributed by atoms with Crippen LogP contribution < -0.4 is 0 Å². The monoisotopic (exact) mass is 284 g/mol. The van der Waals surface area contributed by atoms with Gasteiger partial charge in [-0.25, -0.2) is 13.6 Å². The van der Waals surface area contributed by atoms with Crippen LogP contribution in [0.1, 0.15) is 10.4 Å². The Morgan fingerprint density at radius 2 is 1.92 bits per heavy atom. The lowest BCUT2D eigenvalue weighted by atomic mass is 10.2. The van der Waals surface area contributed by atoms with E-state index in [0.717, 1.165) is 6.07 Å². The molecule has 0 amide bonds. The molecule has 0 saturated heterocycles. The van der Waals surface area contributed by atoms with Crippen LogP contribution in [-0.4, -0.2) is 11.1 Å².